The molecule has 15 heavy (non-hydrogen) atoms. The van der Waals surface area contributed by atoms with E-state index in [0.717, 1.165) is 23.3 Å². The number of aldehydes is 1. The van der Waals surface area contributed by atoms with Crippen molar-refractivity contribution in [1.82, 2.24) is 0 Å². The Hall–Kier alpha value is -1.51. The highest BCUT2D eigenvalue weighted by Gasteiger charge is 2.07. The van der Waals surface area contributed by atoms with E-state index in [-0.39, 0.29) is 0 Å². The van der Waals surface area contributed by atoms with Gasteiger partial charge in [-0.25, -0.2) is 0 Å². The summed E-state index contributed by atoms with van der Waals surface area (Å²) in [6.07, 6.45) is 0.847. The van der Waals surface area contributed by atoms with Gasteiger partial charge in [0.1, 0.15) is 12.0 Å². The lowest BCUT2D eigenvalue weighted by molar-refractivity contribution is -0.106. The van der Waals surface area contributed by atoms with Crippen molar-refractivity contribution in [2.24, 2.45) is 0 Å². The van der Waals surface area contributed by atoms with Crippen LogP contribution in [0.2, 0.25) is 0 Å². The van der Waals surface area contributed by atoms with Crippen molar-refractivity contribution in [3.05, 3.63) is 23.8 Å². The second-order valence-corrected chi connectivity index (χ2v) is 3.66. The molecule has 0 bridgehead atoms. The molecule has 0 amide bonds. The maximum Gasteiger partial charge on any atom is 0.139 e. The zero-order chi connectivity index (χ0) is 11.3. The van der Waals surface area contributed by atoms with Crippen LogP contribution in [0.4, 0.5) is 5.69 Å². The van der Waals surface area contributed by atoms with Gasteiger partial charge >= 0.3 is 0 Å². The second-order valence-electron chi connectivity index (χ2n) is 3.66. The third kappa shape index (κ3) is 2.98. The molecule has 0 spiro atoms. The first kappa shape index (κ1) is 11.6. The molecule has 1 aromatic carbocycles. The van der Waals surface area contributed by atoms with Crippen LogP contribution in [0.15, 0.2) is 18.2 Å². The van der Waals surface area contributed by atoms with Gasteiger partial charge in [0.2, 0.25) is 0 Å². The van der Waals surface area contributed by atoms with Gasteiger partial charge in [0.05, 0.1) is 13.7 Å². The summed E-state index contributed by atoms with van der Waals surface area (Å²) in [5.41, 5.74) is 2.10. The molecule has 0 unspecified atom stereocenters. The number of carbonyl (C=O) groups excluding carboxylic acids is 1. The molecule has 0 aliphatic carbocycles. The standard InChI is InChI=1S/C12H17NO2/c1-9(2)11-8-10(13-6-7-14)4-5-12(11)15-3/h4-5,7-9,13H,6H2,1-3H3. The van der Waals surface area contributed by atoms with Crippen molar-refractivity contribution in [1.29, 1.82) is 0 Å². The van der Waals surface area contributed by atoms with Gasteiger partial charge in [-0.15, -0.1) is 0 Å². The van der Waals surface area contributed by atoms with Crippen LogP contribution in [-0.4, -0.2) is 19.9 Å². The van der Waals surface area contributed by atoms with E-state index in [0.29, 0.717) is 12.5 Å². The average molecular weight is 207 g/mol. The van der Waals surface area contributed by atoms with Crippen LogP contribution in [-0.2, 0) is 4.79 Å². The minimum absolute atomic E-state index is 0.337. The van der Waals surface area contributed by atoms with Crippen molar-refractivity contribution in [3.63, 3.8) is 0 Å². The summed E-state index contributed by atoms with van der Waals surface area (Å²) in [4.78, 5) is 10.2. The molecule has 0 heterocycles. The number of nitrogens with one attached hydrogen (secondary N) is 1. The van der Waals surface area contributed by atoms with Gasteiger partial charge in [-0.1, -0.05) is 13.8 Å². The Morgan fingerprint density at radius 2 is 2.20 bits per heavy atom. The molecule has 0 atom stereocenters. The van der Waals surface area contributed by atoms with Crippen LogP contribution in [0, 0.1) is 0 Å². The van der Waals surface area contributed by atoms with E-state index in [1.54, 1.807) is 7.11 Å². The van der Waals surface area contributed by atoms with E-state index in [2.05, 4.69) is 19.2 Å². The normalized spacial score (nSPS) is 10.1. The summed E-state index contributed by atoms with van der Waals surface area (Å²) in [5, 5.41) is 3.02. The Kier molecular flexibility index (Phi) is 4.16. The third-order valence-electron chi connectivity index (χ3n) is 2.24. The van der Waals surface area contributed by atoms with Crippen molar-refractivity contribution in [2.75, 3.05) is 19.0 Å². The molecule has 1 aromatic rings. The molecular formula is C12H17NO2. The van der Waals surface area contributed by atoms with Crippen LogP contribution in [0.1, 0.15) is 25.3 Å². The number of ether oxygens (including phenoxy) is 1. The molecule has 0 saturated carbocycles. The molecule has 1 N–H and O–H groups in total. The van der Waals surface area contributed by atoms with E-state index in [1.165, 1.54) is 0 Å². The van der Waals surface area contributed by atoms with Gasteiger partial charge < -0.3 is 14.8 Å². The quantitative estimate of drug-likeness (QED) is 0.753. The third-order valence-corrected chi connectivity index (χ3v) is 2.24. The lowest BCUT2D eigenvalue weighted by atomic mass is 10.0. The average Bonchev–Trinajstić information content (AvgIpc) is 2.25. The monoisotopic (exact) mass is 207 g/mol. The topological polar surface area (TPSA) is 38.3 Å². The van der Waals surface area contributed by atoms with Gasteiger partial charge in [0.25, 0.3) is 0 Å². The predicted molar refractivity (Wildman–Crippen MR) is 61.6 cm³/mol. The molecule has 0 radical (unpaired) electrons. The molecule has 82 valence electrons. The largest absolute Gasteiger partial charge is 0.496 e. The molecule has 0 aliphatic rings. The van der Waals surface area contributed by atoms with Gasteiger partial charge in [0.15, 0.2) is 0 Å². The van der Waals surface area contributed by atoms with Gasteiger partial charge in [-0.2, -0.15) is 0 Å². The fourth-order valence-corrected chi connectivity index (χ4v) is 1.46. The molecule has 1 rings (SSSR count). The van der Waals surface area contributed by atoms with Crippen LogP contribution >= 0.6 is 0 Å². The number of benzene rings is 1. The summed E-state index contributed by atoms with van der Waals surface area (Å²) >= 11 is 0. The van der Waals surface area contributed by atoms with Crippen molar-refractivity contribution >= 4 is 12.0 Å². The highest BCUT2D eigenvalue weighted by Crippen LogP contribution is 2.28. The molecule has 3 heteroatoms. The lowest BCUT2D eigenvalue weighted by Crippen LogP contribution is -2.03. The van der Waals surface area contributed by atoms with E-state index in [9.17, 15) is 4.79 Å². The number of rotatable bonds is 5. The summed E-state index contributed by atoms with van der Waals surface area (Å²) in [6.45, 7) is 4.56. The van der Waals surface area contributed by atoms with Crippen LogP contribution in [0.25, 0.3) is 0 Å². The lowest BCUT2D eigenvalue weighted by Gasteiger charge is -2.13. The maximum absolute atomic E-state index is 10.2. The predicted octanol–water partition coefficient (Wildman–Crippen LogP) is 2.43. The Balaban J connectivity index is 2.94. The molecule has 0 fully saturated rings. The first-order valence-electron chi connectivity index (χ1n) is 5.04. The number of anilines is 1. The Morgan fingerprint density at radius 1 is 1.47 bits per heavy atom. The van der Waals surface area contributed by atoms with E-state index >= 15 is 0 Å². The number of hydrogen-bond donors (Lipinski definition) is 1. The zero-order valence-electron chi connectivity index (χ0n) is 9.41. The summed E-state index contributed by atoms with van der Waals surface area (Å²) in [7, 11) is 1.67. The molecule has 0 saturated heterocycles. The van der Waals surface area contributed by atoms with Crippen molar-refractivity contribution in [2.45, 2.75) is 19.8 Å². The minimum Gasteiger partial charge on any atom is -0.496 e. The Bertz CT molecular complexity index is 334. The summed E-state index contributed by atoms with van der Waals surface area (Å²) < 4.78 is 5.27. The first-order valence-corrected chi connectivity index (χ1v) is 5.04. The second kappa shape index (κ2) is 5.39. The highest BCUT2D eigenvalue weighted by molar-refractivity contribution is 5.61. The van der Waals surface area contributed by atoms with E-state index < -0.39 is 0 Å². The SMILES string of the molecule is COc1ccc(NCC=O)cc1C(C)C. The maximum atomic E-state index is 10.2. The first-order chi connectivity index (χ1) is 7.19. The van der Waals surface area contributed by atoms with Crippen LogP contribution in [0.3, 0.4) is 0 Å². The Morgan fingerprint density at radius 3 is 2.73 bits per heavy atom. The number of carbonyl (C=O) groups is 1. The van der Waals surface area contributed by atoms with E-state index in [4.69, 9.17) is 4.74 Å². The molecule has 0 aliphatic heterocycles. The molecular weight excluding hydrogens is 190 g/mol. The van der Waals surface area contributed by atoms with Crippen LogP contribution < -0.4 is 10.1 Å². The minimum atomic E-state index is 0.337. The highest BCUT2D eigenvalue weighted by atomic mass is 16.5. The van der Waals surface area contributed by atoms with Gasteiger partial charge in [-0.3, -0.25) is 0 Å². The number of hydrogen-bond acceptors (Lipinski definition) is 3. The fraction of sp³-hybridized carbons (Fsp3) is 0.417. The smallest absolute Gasteiger partial charge is 0.139 e. The molecule has 3 nitrogen and oxygen atoms in total. The summed E-state index contributed by atoms with van der Waals surface area (Å²) in [6, 6.07) is 5.85. The summed E-state index contributed by atoms with van der Waals surface area (Å²) in [5.74, 6) is 1.29. The van der Waals surface area contributed by atoms with E-state index in [1.807, 2.05) is 18.2 Å². The van der Waals surface area contributed by atoms with Gasteiger partial charge in [-0.05, 0) is 29.7 Å². The van der Waals surface area contributed by atoms with Gasteiger partial charge in [0, 0.05) is 5.69 Å². The zero-order valence-corrected chi connectivity index (χ0v) is 9.41. The Labute approximate surface area is 90.4 Å². The van der Waals surface area contributed by atoms with Crippen molar-refractivity contribution in [3.8, 4) is 5.75 Å². The number of methoxy groups -OCH3 is 1. The molecule has 0 aromatic heterocycles. The van der Waals surface area contributed by atoms with Crippen LogP contribution in [0.5, 0.6) is 5.75 Å². The van der Waals surface area contributed by atoms with Crippen molar-refractivity contribution < 1.29 is 9.53 Å². The fourth-order valence-electron chi connectivity index (χ4n) is 1.46.